The Kier molecular flexibility index (Phi) is 7.24. The summed E-state index contributed by atoms with van der Waals surface area (Å²) in [7, 11) is 0. The molecular formula is C19H24F2N6OS. The van der Waals surface area contributed by atoms with Crippen LogP contribution in [0.2, 0.25) is 0 Å². The normalized spacial score (nSPS) is 14.8. The quantitative estimate of drug-likeness (QED) is 0.445. The van der Waals surface area contributed by atoms with Crippen LogP contribution in [0.5, 0.6) is 0 Å². The minimum Gasteiger partial charge on any atom is -0.367 e. The van der Waals surface area contributed by atoms with E-state index in [2.05, 4.69) is 19.3 Å². The lowest BCUT2D eigenvalue weighted by Gasteiger charge is -2.36. The van der Waals surface area contributed by atoms with Gasteiger partial charge in [0, 0.05) is 57.6 Å². The second-order valence-electron chi connectivity index (χ2n) is 6.64. The molecule has 156 valence electrons. The highest BCUT2D eigenvalue weighted by Crippen LogP contribution is 2.25. The average Bonchev–Trinajstić information content (AvgIpc) is 2.71. The first-order valence-electron chi connectivity index (χ1n) is 9.34. The van der Waals surface area contributed by atoms with Crippen molar-refractivity contribution >= 4 is 29.5 Å². The van der Waals surface area contributed by atoms with Crippen molar-refractivity contribution < 1.29 is 13.6 Å². The molecule has 0 atom stereocenters. The molecule has 1 aliphatic heterocycles. The molecule has 0 radical (unpaired) electrons. The van der Waals surface area contributed by atoms with Crippen LogP contribution in [0.1, 0.15) is 22.8 Å². The third kappa shape index (κ3) is 5.34. The van der Waals surface area contributed by atoms with Crippen LogP contribution >= 0.6 is 12.1 Å². The number of pyridine rings is 1. The topological polar surface area (TPSA) is 86.5 Å². The maximum atomic E-state index is 14.4. The number of anilines is 2. The van der Waals surface area contributed by atoms with E-state index < -0.39 is 23.1 Å². The molecule has 1 aromatic carbocycles. The lowest BCUT2D eigenvalue weighted by molar-refractivity contribution is 0.0995. The summed E-state index contributed by atoms with van der Waals surface area (Å²) < 4.78 is 34.7. The van der Waals surface area contributed by atoms with Gasteiger partial charge in [0.05, 0.1) is 11.3 Å². The molecule has 10 heteroatoms. The van der Waals surface area contributed by atoms with Gasteiger partial charge >= 0.3 is 0 Å². The van der Waals surface area contributed by atoms with Gasteiger partial charge in [-0.1, -0.05) is 6.92 Å². The predicted molar refractivity (Wildman–Crippen MR) is 111 cm³/mol. The summed E-state index contributed by atoms with van der Waals surface area (Å²) in [4.78, 5) is 19.5. The molecule has 0 bridgehead atoms. The van der Waals surface area contributed by atoms with Crippen LogP contribution in [0, 0.1) is 11.6 Å². The van der Waals surface area contributed by atoms with E-state index in [0.717, 1.165) is 24.5 Å². The molecule has 2 aromatic rings. The van der Waals surface area contributed by atoms with E-state index in [1.165, 1.54) is 24.3 Å². The van der Waals surface area contributed by atoms with Crippen LogP contribution in [0.3, 0.4) is 0 Å². The minimum absolute atomic E-state index is 0.156. The fraction of sp³-hybridized carbons (Fsp3) is 0.368. The van der Waals surface area contributed by atoms with Crippen LogP contribution in [-0.4, -0.2) is 48.5 Å². The van der Waals surface area contributed by atoms with Crippen molar-refractivity contribution in [3.8, 4) is 0 Å². The van der Waals surface area contributed by atoms with Crippen molar-refractivity contribution in [1.82, 2.24) is 14.6 Å². The number of nitrogens with zero attached hydrogens (tertiary/aromatic N) is 3. The molecule has 1 fully saturated rings. The second kappa shape index (κ2) is 9.86. The Balaban J connectivity index is 1.58. The zero-order chi connectivity index (χ0) is 20.8. The Hall–Kier alpha value is -2.43. The Labute approximate surface area is 172 Å². The molecule has 0 spiro atoms. The van der Waals surface area contributed by atoms with Gasteiger partial charge in [-0.3, -0.25) is 9.69 Å². The number of nitrogens with one attached hydrogen (secondary N) is 2. The Morgan fingerprint density at radius 1 is 1.21 bits per heavy atom. The Bertz CT molecular complexity index is 861. The van der Waals surface area contributed by atoms with Crippen LogP contribution in [0.4, 0.5) is 20.3 Å². The smallest absolute Gasteiger partial charge is 0.251 e. The molecular weight excluding hydrogens is 398 g/mol. The van der Waals surface area contributed by atoms with Gasteiger partial charge < -0.3 is 15.4 Å². The molecule has 4 N–H and O–H groups in total. The van der Waals surface area contributed by atoms with Crippen LogP contribution < -0.4 is 20.1 Å². The summed E-state index contributed by atoms with van der Waals surface area (Å²) in [5.41, 5.74) is 5.91. The molecule has 0 saturated carbocycles. The van der Waals surface area contributed by atoms with Gasteiger partial charge in [0.1, 0.15) is 5.82 Å². The second-order valence-corrected chi connectivity index (χ2v) is 7.34. The number of nitrogens with two attached hydrogens (primary N) is 1. The number of amides is 1. The number of benzene rings is 1. The van der Waals surface area contributed by atoms with Crippen molar-refractivity contribution in [2.45, 2.75) is 13.5 Å². The highest BCUT2D eigenvalue weighted by Gasteiger charge is 2.23. The number of primary amides is 1. The van der Waals surface area contributed by atoms with Gasteiger partial charge in [0.25, 0.3) is 5.91 Å². The molecule has 2 heterocycles. The maximum absolute atomic E-state index is 14.4. The van der Waals surface area contributed by atoms with Crippen LogP contribution in [0.15, 0.2) is 30.5 Å². The molecule has 1 amide bonds. The van der Waals surface area contributed by atoms with Crippen molar-refractivity contribution in [2.24, 2.45) is 5.73 Å². The van der Waals surface area contributed by atoms with Gasteiger partial charge in [0.15, 0.2) is 11.6 Å². The Morgan fingerprint density at radius 2 is 1.97 bits per heavy atom. The molecule has 29 heavy (non-hydrogen) atoms. The predicted octanol–water partition coefficient (Wildman–Crippen LogP) is 2.37. The number of rotatable bonds is 8. The lowest BCUT2D eigenvalue weighted by atomic mass is 10.1. The van der Waals surface area contributed by atoms with Crippen molar-refractivity contribution in [3.05, 3.63) is 53.2 Å². The van der Waals surface area contributed by atoms with Crippen LogP contribution in [-0.2, 0) is 6.54 Å². The fourth-order valence-electron chi connectivity index (χ4n) is 3.17. The maximum Gasteiger partial charge on any atom is 0.251 e. The van der Waals surface area contributed by atoms with Gasteiger partial charge in [-0.25, -0.2) is 18.5 Å². The highest BCUT2D eigenvalue weighted by atomic mass is 32.2. The monoisotopic (exact) mass is 422 g/mol. The molecule has 1 saturated heterocycles. The summed E-state index contributed by atoms with van der Waals surface area (Å²) in [6.07, 6.45) is 1.76. The fourth-order valence-corrected chi connectivity index (χ4v) is 3.60. The molecule has 1 aliphatic rings. The summed E-state index contributed by atoms with van der Waals surface area (Å²) >= 11 is 1.39. The molecule has 0 aliphatic carbocycles. The first-order valence-corrected chi connectivity index (χ1v) is 10.2. The first-order chi connectivity index (χ1) is 14.0. The number of piperazine rings is 1. The van der Waals surface area contributed by atoms with E-state index in [9.17, 15) is 13.6 Å². The van der Waals surface area contributed by atoms with Gasteiger partial charge in [-0.15, -0.1) is 0 Å². The van der Waals surface area contributed by atoms with E-state index in [-0.39, 0.29) is 5.69 Å². The van der Waals surface area contributed by atoms with Crippen LogP contribution in [0.25, 0.3) is 0 Å². The van der Waals surface area contributed by atoms with Crippen molar-refractivity contribution in [3.63, 3.8) is 0 Å². The third-order valence-electron chi connectivity index (χ3n) is 4.64. The molecule has 0 unspecified atom stereocenters. The van der Waals surface area contributed by atoms with E-state index in [4.69, 9.17) is 5.73 Å². The zero-order valence-corrected chi connectivity index (χ0v) is 16.9. The summed E-state index contributed by atoms with van der Waals surface area (Å²) in [6.45, 7) is 6.12. The summed E-state index contributed by atoms with van der Waals surface area (Å²) in [5, 5.41) is 0. The summed E-state index contributed by atoms with van der Waals surface area (Å²) in [6, 6.07) is 6.61. The third-order valence-corrected chi connectivity index (χ3v) is 5.39. The van der Waals surface area contributed by atoms with E-state index in [1.54, 1.807) is 11.1 Å². The number of hydrogen-bond donors (Lipinski definition) is 3. The zero-order valence-electron chi connectivity index (χ0n) is 16.1. The molecule has 1 aromatic heterocycles. The van der Waals surface area contributed by atoms with Crippen molar-refractivity contribution in [1.29, 1.82) is 0 Å². The highest BCUT2D eigenvalue weighted by molar-refractivity contribution is 7.98. The number of aromatic nitrogens is 1. The number of hydrogen-bond acceptors (Lipinski definition) is 7. The minimum atomic E-state index is -1.19. The van der Waals surface area contributed by atoms with E-state index in [1.807, 2.05) is 19.1 Å². The molecule has 3 rings (SSSR count). The van der Waals surface area contributed by atoms with E-state index in [0.29, 0.717) is 26.2 Å². The summed E-state index contributed by atoms with van der Waals surface area (Å²) in [5.74, 6) is -2.42. The molecule has 7 nitrogen and oxygen atoms in total. The van der Waals surface area contributed by atoms with Gasteiger partial charge in [-0.2, -0.15) is 0 Å². The standard InChI is InChI=1S/C19H24F2N6OS/c1-2-24-29-25-16-11-13(5-6-23-16)12-26-7-9-27(10-8-26)15-4-3-14(19(22)28)17(20)18(15)21/h3-6,11,24H,2,7-10,12H2,1H3,(H2,22,28)(H,23,25). The van der Waals surface area contributed by atoms with Crippen molar-refractivity contribution in [2.75, 3.05) is 42.3 Å². The van der Waals surface area contributed by atoms with Gasteiger partial charge in [-0.05, 0) is 29.8 Å². The number of halogens is 2. The largest absolute Gasteiger partial charge is 0.367 e. The SMILES string of the molecule is CCNSNc1cc(CN2CCN(c3ccc(C(N)=O)c(F)c3F)CC2)ccn1. The van der Waals surface area contributed by atoms with E-state index >= 15 is 0 Å². The average molecular weight is 423 g/mol. The first kappa shape index (κ1) is 21.3. The Morgan fingerprint density at radius 3 is 2.66 bits per heavy atom. The lowest BCUT2D eigenvalue weighted by Crippen LogP contribution is -2.46. The van der Waals surface area contributed by atoms with Gasteiger partial charge in [0.2, 0.25) is 0 Å². The number of carbonyl (C=O) groups is 1. The number of carbonyl (C=O) groups excluding carboxylic acids is 1.